The fourth-order valence-electron chi connectivity index (χ4n) is 3.23. The smallest absolute Gasteiger partial charge is 0.254 e. The molecule has 0 bridgehead atoms. The van der Waals surface area contributed by atoms with Gasteiger partial charge in [-0.05, 0) is 36.5 Å². The Labute approximate surface area is 138 Å². The number of aromatic nitrogens is 3. The monoisotopic (exact) mass is 322 g/mol. The number of benzene rings is 1. The Balaban J connectivity index is 1.65. The van der Waals surface area contributed by atoms with Gasteiger partial charge in [-0.2, -0.15) is 5.10 Å². The molecule has 0 saturated heterocycles. The Bertz CT molecular complexity index is 856. The van der Waals surface area contributed by atoms with E-state index in [2.05, 4.69) is 26.6 Å². The van der Waals surface area contributed by atoms with E-state index in [1.54, 1.807) is 6.20 Å². The predicted molar refractivity (Wildman–Crippen MR) is 89.3 cm³/mol. The van der Waals surface area contributed by atoms with Gasteiger partial charge in [0.25, 0.3) is 5.91 Å². The van der Waals surface area contributed by atoms with Crippen molar-refractivity contribution in [2.75, 3.05) is 0 Å². The van der Waals surface area contributed by atoms with Crippen LogP contribution >= 0.6 is 0 Å². The molecule has 2 heterocycles. The summed E-state index contributed by atoms with van der Waals surface area (Å²) in [6.07, 6.45) is 5.97. The fraction of sp³-hybridized carbons (Fsp3) is 0.278. The van der Waals surface area contributed by atoms with Crippen LogP contribution in [0.4, 0.5) is 0 Å². The minimum Gasteiger partial charge on any atom is -0.393 e. The van der Waals surface area contributed by atoms with Crippen molar-refractivity contribution >= 4 is 16.8 Å². The van der Waals surface area contributed by atoms with Gasteiger partial charge in [0.15, 0.2) is 0 Å². The number of aliphatic hydroxyl groups is 1. The molecule has 0 spiro atoms. The molecule has 24 heavy (non-hydrogen) atoms. The number of H-pyrrole nitrogens is 1. The average molecular weight is 322 g/mol. The molecule has 0 radical (unpaired) electrons. The summed E-state index contributed by atoms with van der Waals surface area (Å²) in [6.45, 7) is 0. The second kappa shape index (κ2) is 6.05. The minimum atomic E-state index is -0.281. The van der Waals surface area contributed by atoms with Crippen LogP contribution in [0.25, 0.3) is 10.9 Å². The molecule has 1 saturated carbocycles. The van der Waals surface area contributed by atoms with Gasteiger partial charge in [0.05, 0.1) is 29.4 Å². The zero-order valence-corrected chi connectivity index (χ0v) is 13.0. The number of pyridine rings is 1. The average Bonchev–Trinajstić information content (AvgIpc) is 3.11. The Morgan fingerprint density at radius 2 is 2.12 bits per heavy atom. The molecule has 1 aliphatic rings. The quantitative estimate of drug-likeness (QED) is 0.687. The molecular weight excluding hydrogens is 304 g/mol. The first-order valence-corrected chi connectivity index (χ1v) is 8.03. The van der Waals surface area contributed by atoms with Crippen LogP contribution in [0.2, 0.25) is 0 Å². The summed E-state index contributed by atoms with van der Waals surface area (Å²) in [5.41, 5.74) is 2.38. The van der Waals surface area contributed by atoms with Crippen LogP contribution in [0.3, 0.4) is 0 Å². The van der Waals surface area contributed by atoms with Gasteiger partial charge in [0.1, 0.15) is 0 Å². The Kier molecular flexibility index (Phi) is 3.74. The van der Waals surface area contributed by atoms with Gasteiger partial charge in [-0.25, -0.2) is 0 Å². The van der Waals surface area contributed by atoms with E-state index in [1.807, 2.05) is 30.5 Å². The maximum absolute atomic E-state index is 12.4. The van der Waals surface area contributed by atoms with Crippen molar-refractivity contribution in [1.82, 2.24) is 20.5 Å². The van der Waals surface area contributed by atoms with Crippen molar-refractivity contribution in [2.45, 2.75) is 25.0 Å². The highest BCUT2D eigenvalue weighted by atomic mass is 16.3. The lowest BCUT2D eigenvalue weighted by atomic mass is 9.75. The number of nitrogens with one attached hydrogen (secondary N) is 2. The van der Waals surface area contributed by atoms with E-state index in [1.165, 1.54) is 6.20 Å². The van der Waals surface area contributed by atoms with Gasteiger partial charge in [-0.15, -0.1) is 0 Å². The summed E-state index contributed by atoms with van der Waals surface area (Å²) in [5.74, 6) is 0.0297. The molecule has 1 fully saturated rings. The lowest BCUT2D eigenvalue weighted by molar-refractivity contribution is 0.0235. The van der Waals surface area contributed by atoms with Crippen LogP contribution in [0, 0.1) is 5.92 Å². The number of fused-ring (bicyclic) bond motifs is 1. The predicted octanol–water partition coefficient (Wildman–Crippen LogP) is 2.20. The van der Waals surface area contributed by atoms with Crippen LogP contribution in [-0.2, 0) is 0 Å². The van der Waals surface area contributed by atoms with Gasteiger partial charge in [0, 0.05) is 17.8 Å². The number of hydrogen-bond acceptors (Lipinski definition) is 4. The minimum absolute atomic E-state index is 0.173. The Hall–Kier alpha value is -2.73. The first kappa shape index (κ1) is 14.8. The normalized spacial score (nSPS) is 21.2. The maximum Gasteiger partial charge on any atom is 0.254 e. The molecule has 1 aromatic carbocycles. The number of carbonyl (C=O) groups is 1. The van der Waals surface area contributed by atoms with Gasteiger partial charge >= 0.3 is 0 Å². The van der Waals surface area contributed by atoms with E-state index in [4.69, 9.17) is 0 Å². The Morgan fingerprint density at radius 3 is 2.88 bits per heavy atom. The molecule has 0 aliphatic heterocycles. The zero-order chi connectivity index (χ0) is 16.5. The van der Waals surface area contributed by atoms with E-state index >= 15 is 0 Å². The topological polar surface area (TPSA) is 90.9 Å². The molecule has 1 atom stereocenters. The summed E-state index contributed by atoms with van der Waals surface area (Å²) in [5, 5.41) is 20.2. The van der Waals surface area contributed by atoms with Crippen LogP contribution in [0.5, 0.6) is 0 Å². The highest BCUT2D eigenvalue weighted by Crippen LogP contribution is 2.38. The second-order valence-electron chi connectivity index (χ2n) is 6.28. The number of carbonyl (C=O) groups excluding carboxylic acids is 1. The van der Waals surface area contributed by atoms with E-state index in [0.29, 0.717) is 18.4 Å². The van der Waals surface area contributed by atoms with Crippen LogP contribution in [0.15, 0.2) is 48.9 Å². The molecule has 0 unspecified atom stereocenters. The van der Waals surface area contributed by atoms with Crippen LogP contribution < -0.4 is 5.32 Å². The highest BCUT2D eigenvalue weighted by molar-refractivity contribution is 5.94. The van der Waals surface area contributed by atoms with Gasteiger partial charge in [-0.3, -0.25) is 14.9 Å². The molecule has 4 rings (SSSR count). The van der Waals surface area contributed by atoms with Gasteiger partial charge in [-0.1, -0.05) is 18.2 Å². The maximum atomic E-state index is 12.4. The molecule has 1 aliphatic carbocycles. The summed E-state index contributed by atoms with van der Waals surface area (Å²) in [4.78, 5) is 16.9. The first-order chi connectivity index (χ1) is 11.7. The molecule has 6 nitrogen and oxygen atoms in total. The highest BCUT2D eigenvalue weighted by Gasteiger charge is 2.36. The lowest BCUT2D eigenvalue weighted by Gasteiger charge is -2.38. The largest absolute Gasteiger partial charge is 0.393 e. The SMILES string of the molecule is O=C(N[C@@H](c1cnc2ccccc2c1)C1CC(O)C1)c1cn[nH]c1. The molecular formula is C18H18N4O2. The second-order valence-corrected chi connectivity index (χ2v) is 6.28. The molecule has 6 heteroatoms. The number of para-hydroxylation sites is 1. The van der Waals surface area contributed by atoms with E-state index in [9.17, 15) is 9.90 Å². The summed E-state index contributed by atoms with van der Waals surface area (Å²) in [6, 6.07) is 9.79. The third kappa shape index (κ3) is 2.76. The summed E-state index contributed by atoms with van der Waals surface area (Å²) < 4.78 is 0. The van der Waals surface area contributed by atoms with Crippen LogP contribution in [0.1, 0.15) is 34.8 Å². The standard InChI is InChI=1S/C18H18N4O2/c23-15-6-12(7-15)17(22-18(24)14-9-20-21-10-14)13-5-11-3-1-2-4-16(11)19-8-13/h1-5,8-10,12,15,17,23H,6-7H2,(H,20,21)(H,22,24)/t12?,15?,17-/m1/s1. The van der Waals surface area contributed by atoms with E-state index < -0.39 is 0 Å². The van der Waals surface area contributed by atoms with Crippen molar-refractivity contribution in [2.24, 2.45) is 5.92 Å². The van der Waals surface area contributed by atoms with Gasteiger partial charge in [0.2, 0.25) is 0 Å². The number of aromatic amines is 1. The van der Waals surface area contributed by atoms with Crippen molar-refractivity contribution in [1.29, 1.82) is 0 Å². The zero-order valence-electron chi connectivity index (χ0n) is 13.0. The van der Waals surface area contributed by atoms with E-state index in [0.717, 1.165) is 16.5 Å². The third-order valence-electron chi connectivity index (χ3n) is 4.64. The molecule has 3 aromatic rings. The van der Waals surface area contributed by atoms with Crippen molar-refractivity contribution < 1.29 is 9.90 Å². The summed E-state index contributed by atoms with van der Waals surface area (Å²) >= 11 is 0. The number of aliphatic hydroxyl groups excluding tert-OH is 1. The Morgan fingerprint density at radius 1 is 1.29 bits per heavy atom. The van der Waals surface area contributed by atoms with Gasteiger partial charge < -0.3 is 10.4 Å². The number of nitrogens with zero attached hydrogens (tertiary/aromatic N) is 2. The van der Waals surface area contributed by atoms with Crippen LogP contribution in [-0.4, -0.2) is 32.3 Å². The molecule has 122 valence electrons. The van der Waals surface area contributed by atoms with Crippen molar-refractivity contribution in [3.05, 3.63) is 60.0 Å². The third-order valence-corrected chi connectivity index (χ3v) is 4.64. The molecule has 2 aromatic heterocycles. The van der Waals surface area contributed by atoms with Crippen molar-refractivity contribution in [3.63, 3.8) is 0 Å². The number of rotatable bonds is 4. The summed E-state index contributed by atoms with van der Waals surface area (Å²) in [7, 11) is 0. The first-order valence-electron chi connectivity index (χ1n) is 8.03. The lowest BCUT2D eigenvalue weighted by Crippen LogP contribution is -2.41. The molecule has 1 amide bonds. The number of amides is 1. The fourth-order valence-corrected chi connectivity index (χ4v) is 3.23. The van der Waals surface area contributed by atoms with Crippen molar-refractivity contribution in [3.8, 4) is 0 Å². The number of hydrogen-bond donors (Lipinski definition) is 3. The molecule has 3 N–H and O–H groups in total. The van der Waals surface area contributed by atoms with E-state index in [-0.39, 0.29) is 24.0 Å².